The Morgan fingerprint density at radius 3 is 2.70 bits per heavy atom. The Kier molecular flexibility index (Phi) is 6.40. The minimum absolute atomic E-state index is 0.305. The highest BCUT2D eigenvalue weighted by molar-refractivity contribution is 5.82. The summed E-state index contributed by atoms with van der Waals surface area (Å²) < 4.78 is 29.9. The van der Waals surface area contributed by atoms with Crippen LogP contribution in [0.4, 0.5) is 8.78 Å². The molecule has 27 heavy (non-hydrogen) atoms. The highest BCUT2D eigenvalue weighted by Crippen LogP contribution is 2.25. The summed E-state index contributed by atoms with van der Waals surface area (Å²) in [7, 11) is 1.64. The van der Waals surface area contributed by atoms with Crippen molar-refractivity contribution >= 4 is 5.91 Å². The topological polar surface area (TPSA) is 41.6 Å². The second-order valence-electron chi connectivity index (χ2n) is 6.69. The van der Waals surface area contributed by atoms with E-state index in [-0.39, 0.29) is 11.9 Å². The lowest BCUT2D eigenvalue weighted by molar-refractivity contribution is -0.126. The van der Waals surface area contributed by atoms with Gasteiger partial charge in [0.05, 0.1) is 19.7 Å². The molecule has 1 amide bonds. The van der Waals surface area contributed by atoms with E-state index in [2.05, 4.69) is 10.2 Å². The number of hydrogen-bond donors (Lipinski definition) is 1. The Balaban J connectivity index is 1.64. The van der Waals surface area contributed by atoms with Crippen molar-refractivity contribution in [3.05, 3.63) is 54.1 Å². The lowest BCUT2D eigenvalue weighted by Gasteiger charge is -2.23. The first-order valence-electron chi connectivity index (χ1n) is 9.10. The van der Waals surface area contributed by atoms with E-state index in [1.54, 1.807) is 7.11 Å². The Bertz CT molecular complexity index is 765. The number of nitrogens with zero attached hydrogens (tertiary/aromatic N) is 1. The molecule has 1 fully saturated rings. The largest absolute Gasteiger partial charge is 0.497 e. The van der Waals surface area contributed by atoms with Crippen molar-refractivity contribution in [1.29, 1.82) is 0 Å². The van der Waals surface area contributed by atoms with Gasteiger partial charge in [0.25, 0.3) is 6.43 Å². The number of benzene rings is 2. The summed E-state index contributed by atoms with van der Waals surface area (Å²) in [5, 5.41) is 2.34. The number of hydrogen-bond acceptors (Lipinski definition) is 3. The number of alkyl halides is 2. The van der Waals surface area contributed by atoms with Crippen molar-refractivity contribution in [2.24, 2.45) is 0 Å². The summed E-state index contributed by atoms with van der Waals surface area (Å²) in [6, 6.07) is 15.7. The lowest BCUT2D eigenvalue weighted by Crippen LogP contribution is -2.44. The molecule has 1 unspecified atom stereocenters. The van der Waals surface area contributed by atoms with Crippen LogP contribution in [-0.4, -0.2) is 43.5 Å². The van der Waals surface area contributed by atoms with Crippen LogP contribution in [0.25, 0.3) is 11.1 Å². The highest BCUT2D eigenvalue weighted by atomic mass is 19.3. The number of amides is 1. The molecular formula is C21H24F2N2O2. The molecule has 0 saturated carbocycles. The third-order valence-electron chi connectivity index (χ3n) is 4.84. The molecule has 1 heterocycles. The van der Waals surface area contributed by atoms with Crippen LogP contribution < -0.4 is 10.1 Å². The van der Waals surface area contributed by atoms with E-state index in [4.69, 9.17) is 4.74 Å². The van der Waals surface area contributed by atoms with Crippen molar-refractivity contribution in [3.63, 3.8) is 0 Å². The molecule has 1 aliphatic heterocycles. The molecule has 2 aromatic rings. The summed E-state index contributed by atoms with van der Waals surface area (Å²) in [5.74, 6) is 0.507. The van der Waals surface area contributed by atoms with Gasteiger partial charge in [0.1, 0.15) is 5.75 Å². The SMILES string of the molecule is COc1cccc(-c2ccc(CN3CCCC3C(=O)NCC(F)F)cc2)c1. The molecule has 0 spiro atoms. The van der Waals surface area contributed by atoms with Gasteiger partial charge in [-0.3, -0.25) is 9.69 Å². The predicted molar refractivity (Wildman–Crippen MR) is 101 cm³/mol. The van der Waals surface area contributed by atoms with Gasteiger partial charge in [-0.15, -0.1) is 0 Å². The molecule has 2 aromatic carbocycles. The van der Waals surface area contributed by atoms with Crippen LogP contribution in [0, 0.1) is 0 Å². The van der Waals surface area contributed by atoms with Gasteiger partial charge >= 0.3 is 0 Å². The van der Waals surface area contributed by atoms with Crippen LogP contribution in [0.2, 0.25) is 0 Å². The number of halogens is 2. The molecular weight excluding hydrogens is 350 g/mol. The number of ether oxygens (including phenoxy) is 1. The van der Waals surface area contributed by atoms with Gasteiger partial charge in [0.2, 0.25) is 5.91 Å². The molecule has 6 heteroatoms. The van der Waals surface area contributed by atoms with E-state index in [0.717, 1.165) is 35.4 Å². The number of carbonyl (C=O) groups is 1. The van der Waals surface area contributed by atoms with Crippen LogP contribution in [0.3, 0.4) is 0 Å². The Labute approximate surface area is 158 Å². The smallest absolute Gasteiger partial charge is 0.255 e. The van der Waals surface area contributed by atoms with E-state index in [1.165, 1.54) is 0 Å². The molecule has 1 N–H and O–H groups in total. The molecule has 4 nitrogen and oxygen atoms in total. The van der Waals surface area contributed by atoms with Crippen LogP contribution in [-0.2, 0) is 11.3 Å². The first kappa shape index (κ1) is 19.3. The number of likely N-dealkylation sites (tertiary alicyclic amines) is 1. The van der Waals surface area contributed by atoms with E-state index >= 15 is 0 Å². The van der Waals surface area contributed by atoms with Gasteiger partial charge in [-0.2, -0.15) is 0 Å². The zero-order chi connectivity index (χ0) is 19.2. The Morgan fingerprint density at radius 1 is 1.22 bits per heavy atom. The van der Waals surface area contributed by atoms with Crippen molar-refractivity contribution in [2.75, 3.05) is 20.2 Å². The van der Waals surface area contributed by atoms with Crippen molar-refractivity contribution in [1.82, 2.24) is 10.2 Å². The lowest BCUT2D eigenvalue weighted by atomic mass is 10.0. The summed E-state index contributed by atoms with van der Waals surface area (Å²) in [6.45, 7) is 0.841. The van der Waals surface area contributed by atoms with Crippen molar-refractivity contribution in [2.45, 2.75) is 31.9 Å². The fourth-order valence-corrected chi connectivity index (χ4v) is 3.45. The van der Waals surface area contributed by atoms with Gasteiger partial charge in [0, 0.05) is 6.54 Å². The second kappa shape index (κ2) is 8.95. The van der Waals surface area contributed by atoms with Crippen LogP contribution >= 0.6 is 0 Å². The number of nitrogens with one attached hydrogen (secondary N) is 1. The second-order valence-corrected chi connectivity index (χ2v) is 6.69. The van der Waals surface area contributed by atoms with E-state index < -0.39 is 13.0 Å². The van der Waals surface area contributed by atoms with Crippen molar-refractivity contribution < 1.29 is 18.3 Å². The van der Waals surface area contributed by atoms with Gasteiger partial charge in [-0.25, -0.2) is 8.78 Å². The van der Waals surface area contributed by atoms with Crippen molar-refractivity contribution in [3.8, 4) is 16.9 Å². The minimum atomic E-state index is -2.52. The van der Waals surface area contributed by atoms with Crippen LogP contribution in [0.5, 0.6) is 5.75 Å². The maximum atomic E-state index is 12.3. The van der Waals surface area contributed by atoms with Crippen LogP contribution in [0.1, 0.15) is 18.4 Å². The molecule has 0 aromatic heterocycles. The number of methoxy groups -OCH3 is 1. The van der Waals surface area contributed by atoms with E-state index in [1.807, 2.05) is 48.5 Å². The number of rotatable bonds is 7. The standard InChI is InChI=1S/C21H24F2N2O2/c1-27-18-5-2-4-17(12-18)16-9-7-15(8-10-16)14-25-11-3-6-19(25)21(26)24-13-20(22)23/h2,4-5,7-10,12,19-20H,3,6,11,13-14H2,1H3,(H,24,26). The number of carbonyl (C=O) groups excluding carboxylic acids is 1. The zero-order valence-corrected chi connectivity index (χ0v) is 15.3. The maximum Gasteiger partial charge on any atom is 0.255 e. The van der Waals surface area contributed by atoms with E-state index in [0.29, 0.717) is 13.0 Å². The van der Waals surface area contributed by atoms with E-state index in [9.17, 15) is 13.6 Å². The first-order valence-corrected chi connectivity index (χ1v) is 9.10. The summed E-state index contributed by atoms with van der Waals surface area (Å²) in [6.07, 6.45) is -0.918. The Hall–Kier alpha value is -2.47. The predicted octanol–water partition coefficient (Wildman–Crippen LogP) is 3.71. The van der Waals surface area contributed by atoms with Gasteiger partial charge in [0.15, 0.2) is 0 Å². The monoisotopic (exact) mass is 374 g/mol. The normalized spacial score (nSPS) is 17.3. The van der Waals surface area contributed by atoms with Crippen LogP contribution in [0.15, 0.2) is 48.5 Å². The fraction of sp³-hybridized carbons (Fsp3) is 0.381. The third-order valence-corrected chi connectivity index (χ3v) is 4.84. The molecule has 0 aliphatic carbocycles. The molecule has 1 atom stereocenters. The molecule has 0 bridgehead atoms. The average molecular weight is 374 g/mol. The molecule has 0 radical (unpaired) electrons. The summed E-state index contributed by atoms with van der Waals surface area (Å²) in [4.78, 5) is 14.2. The molecule has 1 aliphatic rings. The molecule has 144 valence electrons. The summed E-state index contributed by atoms with van der Waals surface area (Å²) >= 11 is 0. The minimum Gasteiger partial charge on any atom is -0.497 e. The average Bonchev–Trinajstić information content (AvgIpc) is 3.15. The third kappa shape index (κ3) is 5.04. The Morgan fingerprint density at radius 2 is 2.00 bits per heavy atom. The maximum absolute atomic E-state index is 12.3. The first-order chi connectivity index (χ1) is 13.1. The molecule has 3 rings (SSSR count). The zero-order valence-electron chi connectivity index (χ0n) is 15.3. The summed E-state index contributed by atoms with van der Waals surface area (Å²) in [5.41, 5.74) is 3.26. The van der Waals surface area contributed by atoms with Gasteiger partial charge < -0.3 is 10.1 Å². The highest BCUT2D eigenvalue weighted by Gasteiger charge is 2.30. The fourth-order valence-electron chi connectivity index (χ4n) is 3.45. The van der Waals surface area contributed by atoms with Gasteiger partial charge in [-0.05, 0) is 48.2 Å². The quantitative estimate of drug-likeness (QED) is 0.803. The van der Waals surface area contributed by atoms with Gasteiger partial charge in [-0.1, -0.05) is 36.4 Å². The molecule has 1 saturated heterocycles.